The zero-order valence-electron chi connectivity index (χ0n) is 11.8. The third kappa shape index (κ3) is 2.21. The molecule has 2 aromatic heterocycles. The molecule has 0 unspecified atom stereocenters. The molecule has 5 nitrogen and oxygen atoms in total. The molecule has 0 radical (unpaired) electrons. The van der Waals surface area contributed by atoms with Gasteiger partial charge in [0.1, 0.15) is 0 Å². The molecular formula is C16H14N4OS. The third-order valence-corrected chi connectivity index (χ3v) is 4.72. The molecule has 6 heteroatoms. The molecule has 22 heavy (non-hydrogen) atoms. The fourth-order valence-corrected chi connectivity index (χ4v) is 3.17. The molecule has 1 aliphatic carbocycles. The summed E-state index contributed by atoms with van der Waals surface area (Å²) >= 11 is 1.50. The smallest absolute Gasteiger partial charge is 0.236 e. The van der Waals surface area contributed by atoms with Crippen molar-refractivity contribution in [2.24, 2.45) is 0 Å². The van der Waals surface area contributed by atoms with Gasteiger partial charge in [-0.15, -0.1) is 16.4 Å². The summed E-state index contributed by atoms with van der Waals surface area (Å²) in [5.41, 5.74) is 0.693. The van der Waals surface area contributed by atoms with E-state index in [9.17, 15) is 4.79 Å². The highest BCUT2D eigenvalue weighted by molar-refractivity contribution is 7.12. The molecule has 0 atom stereocenters. The summed E-state index contributed by atoms with van der Waals surface area (Å²) in [6.07, 6.45) is 5.30. The van der Waals surface area contributed by atoms with Crippen LogP contribution in [0.25, 0.3) is 5.13 Å². The van der Waals surface area contributed by atoms with Crippen LogP contribution in [0.2, 0.25) is 0 Å². The molecular weight excluding hydrogens is 296 g/mol. The largest absolute Gasteiger partial charge is 0.308 e. The van der Waals surface area contributed by atoms with Crippen LogP contribution in [0.15, 0.2) is 54.2 Å². The number of hydrogen-bond donors (Lipinski definition) is 1. The number of hydrogen-bond acceptors (Lipinski definition) is 4. The van der Waals surface area contributed by atoms with Gasteiger partial charge in [-0.25, -0.2) is 9.67 Å². The van der Waals surface area contributed by atoms with Crippen molar-refractivity contribution in [3.8, 4) is 5.13 Å². The fraction of sp³-hybridized carbons (Fsp3) is 0.188. The number of rotatable bonds is 4. The number of benzene rings is 1. The van der Waals surface area contributed by atoms with Gasteiger partial charge >= 0.3 is 0 Å². The van der Waals surface area contributed by atoms with E-state index in [2.05, 4.69) is 15.4 Å². The number of nitrogens with zero attached hydrogens (tertiary/aromatic N) is 3. The number of carbonyl (C=O) groups is 1. The molecule has 0 bridgehead atoms. The van der Waals surface area contributed by atoms with Gasteiger partial charge in [0, 0.05) is 23.8 Å². The highest BCUT2D eigenvalue weighted by Crippen LogP contribution is 2.48. The summed E-state index contributed by atoms with van der Waals surface area (Å²) in [6, 6.07) is 11.7. The van der Waals surface area contributed by atoms with E-state index in [1.807, 2.05) is 35.7 Å². The van der Waals surface area contributed by atoms with Crippen LogP contribution in [-0.2, 0) is 10.2 Å². The predicted molar refractivity (Wildman–Crippen MR) is 85.2 cm³/mol. The first kappa shape index (κ1) is 13.2. The summed E-state index contributed by atoms with van der Waals surface area (Å²) in [7, 11) is 0. The molecule has 4 rings (SSSR count). The molecule has 1 amide bonds. The average molecular weight is 310 g/mol. The molecule has 1 fully saturated rings. The zero-order valence-corrected chi connectivity index (χ0v) is 12.6. The highest BCUT2D eigenvalue weighted by atomic mass is 32.1. The maximum absolute atomic E-state index is 12.6. The lowest BCUT2D eigenvalue weighted by atomic mass is 9.95. The van der Waals surface area contributed by atoms with E-state index in [4.69, 9.17) is 0 Å². The number of amides is 1. The van der Waals surface area contributed by atoms with Crippen LogP contribution in [0.5, 0.6) is 0 Å². The molecule has 1 aromatic carbocycles. The Bertz CT molecular complexity index is 791. The highest BCUT2D eigenvalue weighted by Gasteiger charge is 2.51. The van der Waals surface area contributed by atoms with Crippen molar-refractivity contribution in [2.45, 2.75) is 18.3 Å². The van der Waals surface area contributed by atoms with Crippen LogP contribution in [-0.4, -0.2) is 20.7 Å². The molecule has 0 aliphatic heterocycles. The van der Waals surface area contributed by atoms with Crippen LogP contribution < -0.4 is 5.32 Å². The topological polar surface area (TPSA) is 59.8 Å². The van der Waals surface area contributed by atoms with E-state index >= 15 is 0 Å². The Morgan fingerprint density at radius 3 is 2.73 bits per heavy atom. The number of thiazole rings is 1. The SMILES string of the molecule is O=C(Nc1ccn(-c2nccs2)n1)C1(c2ccccc2)CC1. The molecule has 1 saturated carbocycles. The van der Waals surface area contributed by atoms with Gasteiger partial charge in [0.05, 0.1) is 5.41 Å². The quantitative estimate of drug-likeness (QED) is 0.806. The predicted octanol–water partition coefficient (Wildman–Crippen LogP) is 3.00. The van der Waals surface area contributed by atoms with E-state index in [0.29, 0.717) is 5.82 Å². The van der Waals surface area contributed by atoms with E-state index < -0.39 is 0 Å². The van der Waals surface area contributed by atoms with Crippen LogP contribution in [0.4, 0.5) is 5.82 Å². The summed E-state index contributed by atoms with van der Waals surface area (Å²) in [6.45, 7) is 0. The van der Waals surface area contributed by atoms with Crippen molar-refractivity contribution in [3.05, 3.63) is 59.7 Å². The van der Waals surface area contributed by atoms with E-state index in [1.54, 1.807) is 23.1 Å². The van der Waals surface area contributed by atoms with Gasteiger partial charge in [-0.05, 0) is 18.4 Å². The lowest BCUT2D eigenvalue weighted by Gasteiger charge is -2.14. The summed E-state index contributed by atoms with van der Waals surface area (Å²) < 4.78 is 1.67. The molecule has 0 spiro atoms. The summed E-state index contributed by atoms with van der Waals surface area (Å²) in [5.74, 6) is 0.575. The number of anilines is 1. The van der Waals surface area contributed by atoms with Gasteiger partial charge in [-0.1, -0.05) is 30.3 Å². The summed E-state index contributed by atoms with van der Waals surface area (Å²) in [4.78, 5) is 16.8. The molecule has 1 N–H and O–H groups in total. The van der Waals surface area contributed by atoms with E-state index in [0.717, 1.165) is 23.5 Å². The Morgan fingerprint density at radius 1 is 1.23 bits per heavy atom. The second-order valence-electron chi connectivity index (χ2n) is 5.36. The van der Waals surface area contributed by atoms with Crippen LogP contribution in [0.3, 0.4) is 0 Å². The van der Waals surface area contributed by atoms with Gasteiger partial charge in [-0.2, -0.15) is 0 Å². The van der Waals surface area contributed by atoms with Crippen LogP contribution in [0, 0.1) is 0 Å². The average Bonchev–Trinajstić information content (AvgIpc) is 2.97. The molecule has 3 aromatic rings. The minimum Gasteiger partial charge on any atom is -0.308 e. The Balaban J connectivity index is 1.53. The first-order valence-corrected chi connectivity index (χ1v) is 7.98. The Labute approximate surface area is 131 Å². The lowest BCUT2D eigenvalue weighted by Crippen LogP contribution is -2.28. The van der Waals surface area contributed by atoms with Crippen LogP contribution >= 0.6 is 11.3 Å². The molecule has 0 saturated heterocycles. The van der Waals surface area contributed by atoms with Crippen LogP contribution in [0.1, 0.15) is 18.4 Å². The van der Waals surface area contributed by atoms with E-state index in [-0.39, 0.29) is 11.3 Å². The number of carbonyl (C=O) groups excluding carboxylic acids is 1. The molecule has 110 valence electrons. The normalized spacial score (nSPS) is 15.5. The fourth-order valence-electron chi connectivity index (χ4n) is 2.59. The maximum Gasteiger partial charge on any atom is 0.236 e. The third-order valence-electron chi connectivity index (χ3n) is 3.96. The minimum atomic E-state index is -0.383. The van der Waals surface area contributed by atoms with Crippen molar-refractivity contribution < 1.29 is 4.79 Å². The Morgan fingerprint density at radius 2 is 2.05 bits per heavy atom. The standard InChI is InChI=1S/C16H14N4OS/c21-14(16(7-8-16)12-4-2-1-3-5-12)18-13-6-10-20(19-13)15-17-9-11-22-15/h1-6,9-11H,7-8H2,(H,18,19,21). The summed E-state index contributed by atoms with van der Waals surface area (Å²) in [5, 5.41) is 9.97. The second-order valence-corrected chi connectivity index (χ2v) is 6.24. The minimum absolute atomic E-state index is 0.0167. The maximum atomic E-state index is 12.6. The van der Waals surface area contributed by atoms with Gasteiger partial charge in [0.25, 0.3) is 0 Å². The van der Waals surface area contributed by atoms with Gasteiger partial charge in [-0.3, -0.25) is 4.79 Å². The molecule has 1 aliphatic rings. The Kier molecular flexibility index (Phi) is 3.04. The zero-order chi connectivity index (χ0) is 15.0. The first-order valence-electron chi connectivity index (χ1n) is 7.10. The molecule has 2 heterocycles. The first-order chi connectivity index (χ1) is 10.8. The van der Waals surface area contributed by atoms with Gasteiger partial charge in [0.15, 0.2) is 5.82 Å². The number of aromatic nitrogens is 3. The second kappa shape index (κ2) is 5.06. The van der Waals surface area contributed by atoms with Crippen molar-refractivity contribution in [1.29, 1.82) is 0 Å². The van der Waals surface area contributed by atoms with Crippen molar-refractivity contribution >= 4 is 23.1 Å². The van der Waals surface area contributed by atoms with Crippen molar-refractivity contribution in [2.75, 3.05) is 5.32 Å². The Hall–Kier alpha value is -2.47. The van der Waals surface area contributed by atoms with Gasteiger partial charge < -0.3 is 5.32 Å². The van der Waals surface area contributed by atoms with Gasteiger partial charge in [0.2, 0.25) is 11.0 Å². The van der Waals surface area contributed by atoms with E-state index in [1.165, 1.54) is 11.3 Å². The monoisotopic (exact) mass is 310 g/mol. The lowest BCUT2D eigenvalue weighted by molar-refractivity contribution is -0.118. The van der Waals surface area contributed by atoms with Crippen molar-refractivity contribution in [3.63, 3.8) is 0 Å². The van der Waals surface area contributed by atoms with Crippen molar-refractivity contribution in [1.82, 2.24) is 14.8 Å². The number of nitrogens with one attached hydrogen (secondary N) is 1.